The number of amides is 1. The number of rotatable bonds is 6. The van der Waals surface area contributed by atoms with Gasteiger partial charge in [0.25, 0.3) is 0 Å². The van der Waals surface area contributed by atoms with Crippen molar-refractivity contribution in [1.82, 2.24) is 4.90 Å². The van der Waals surface area contributed by atoms with E-state index in [0.29, 0.717) is 24.9 Å². The number of hydrogen-bond acceptors (Lipinski definition) is 2. The third-order valence-electron chi connectivity index (χ3n) is 4.15. The highest BCUT2D eigenvalue weighted by Gasteiger charge is 2.32. The first kappa shape index (κ1) is 18.2. The molecule has 0 aromatic heterocycles. The van der Waals surface area contributed by atoms with Crippen LogP contribution in [0, 0.1) is 12.3 Å². The number of ketones is 1. The topological polar surface area (TPSA) is 37.4 Å². The molecule has 1 aromatic carbocycles. The number of Topliss-reactive ketones (excluding diaryl/α,β-unsaturated/α-hetero) is 1. The van der Waals surface area contributed by atoms with E-state index in [1.54, 1.807) is 11.9 Å². The minimum absolute atomic E-state index is 0.0482. The van der Waals surface area contributed by atoms with E-state index in [4.69, 9.17) is 6.42 Å². The highest BCUT2D eigenvalue weighted by atomic mass is 28.3. The van der Waals surface area contributed by atoms with Crippen LogP contribution in [-0.4, -0.2) is 38.3 Å². The van der Waals surface area contributed by atoms with E-state index in [-0.39, 0.29) is 11.7 Å². The third kappa shape index (κ3) is 4.24. The molecule has 24 heavy (non-hydrogen) atoms. The van der Waals surface area contributed by atoms with Gasteiger partial charge < -0.3 is 4.90 Å². The van der Waals surface area contributed by atoms with E-state index in [1.807, 2.05) is 24.3 Å². The maximum Gasteiger partial charge on any atom is 0.249 e. The van der Waals surface area contributed by atoms with Crippen LogP contribution >= 0.6 is 0 Å². The van der Waals surface area contributed by atoms with Crippen LogP contribution in [0.3, 0.4) is 0 Å². The average Bonchev–Trinajstić information content (AvgIpc) is 2.74. The van der Waals surface area contributed by atoms with E-state index < -0.39 is 8.07 Å². The predicted octanol–water partition coefficient (Wildman–Crippen LogP) is 3.54. The van der Waals surface area contributed by atoms with Crippen molar-refractivity contribution in [2.75, 3.05) is 13.6 Å². The summed E-state index contributed by atoms with van der Waals surface area (Å²) in [6.07, 6.45) is 6.15. The van der Waals surface area contributed by atoms with Gasteiger partial charge in [-0.1, -0.05) is 43.9 Å². The maximum absolute atomic E-state index is 12.8. The zero-order chi connectivity index (χ0) is 17.9. The number of carbonyl (C=O) groups is 2. The maximum atomic E-state index is 12.8. The minimum atomic E-state index is -1.43. The van der Waals surface area contributed by atoms with Gasteiger partial charge in [0.05, 0.1) is 0 Å². The van der Waals surface area contributed by atoms with Crippen molar-refractivity contribution < 1.29 is 9.59 Å². The van der Waals surface area contributed by atoms with E-state index >= 15 is 0 Å². The van der Waals surface area contributed by atoms with Gasteiger partial charge in [-0.05, 0) is 17.2 Å². The fraction of sp³-hybridized carbons (Fsp3) is 0.400. The summed E-state index contributed by atoms with van der Waals surface area (Å²) in [4.78, 5) is 26.9. The molecule has 0 unspecified atom stereocenters. The first-order chi connectivity index (χ1) is 11.2. The second kappa shape index (κ2) is 7.19. The van der Waals surface area contributed by atoms with Gasteiger partial charge in [-0.15, -0.1) is 12.3 Å². The molecule has 0 fully saturated rings. The molecule has 0 bridgehead atoms. The van der Waals surface area contributed by atoms with Crippen LogP contribution in [-0.2, 0) is 11.2 Å². The predicted molar refractivity (Wildman–Crippen MR) is 101 cm³/mol. The Morgan fingerprint density at radius 1 is 1.29 bits per heavy atom. The molecule has 1 aliphatic heterocycles. The zero-order valence-corrected chi connectivity index (χ0v) is 16.0. The standard InChI is InChI=1S/C20H25NO2Si/c1-6-9-15-10-7-8-11-17(15)19(22)12-16-13-21(2)20(23)18(16)14-24(3,4)5/h1,7-8,10-11H,9,12-14H2,2-5H3. The van der Waals surface area contributed by atoms with Crippen LogP contribution in [0.5, 0.6) is 0 Å². The molecule has 0 radical (unpaired) electrons. The first-order valence-electron chi connectivity index (χ1n) is 8.24. The molecular formula is C20H25NO2Si. The third-order valence-corrected chi connectivity index (χ3v) is 5.57. The average molecular weight is 340 g/mol. The second-order valence-corrected chi connectivity index (χ2v) is 13.1. The molecule has 1 amide bonds. The summed E-state index contributed by atoms with van der Waals surface area (Å²) in [7, 11) is 0.369. The number of nitrogens with zero attached hydrogens (tertiary/aromatic N) is 1. The molecule has 0 spiro atoms. The first-order valence-corrected chi connectivity index (χ1v) is 11.9. The van der Waals surface area contributed by atoms with Crippen LogP contribution in [0.4, 0.5) is 0 Å². The summed E-state index contributed by atoms with van der Waals surface area (Å²) in [5, 5.41) is 0. The van der Waals surface area contributed by atoms with Crippen LogP contribution in [0.25, 0.3) is 0 Å². The fourth-order valence-corrected chi connectivity index (χ4v) is 4.54. The Hall–Kier alpha value is -2.12. The lowest BCUT2D eigenvalue weighted by Gasteiger charge is -2.17. The summed E-state index contributed by atoms with van der Waals surface area (Å²) >= 11 is 0. The van der Waals surface area contributed by atoms with Crippen molar-refractivity contribution in [3.05, 3.63) is 46.5 Å². The molecule has 0 N–H and O–H groups in total. The number of hydrogen-bond donors (Lipinski definition) is 0. The molecule has 0 saturated heterocycles. The molecule has 1 heterocycles. The van der Waals surface area contributed by atoms with E-state index in [2.05, 4.69) is 25.6 Å². The van der Waals surface area contributed by atoms with Gasteiger partial charge in [0.2, 0.25) is 5.91 Å². The van der Waals surface area contributed by atoms with Crippen molar-refractivity contribution >= 4 is 19.8 Å². The fourth-order valence-electron chi connectivity index (χ4n) is 3.07. The zero-order valence-electron chi connectivity index (χ0n) is 15.0. The van der Waals surface area contributed by atoms with Gasteiger partial charge in [0.1, 0.15) is 0 Å². The van der Waals surface area contributed by atoms with Crippen molar-refractivity contribution in [1.29, 1.82) is 0 Å². The summed E-state index contributed by atoms with van der Waals surface area (Å²) in [5.74, 6) is 2.73. The van der Waals surface area contributed by atoms with Crippen molar-refractivity contribution in [3.8, 4) is 12.3 Å². The van der Waals surface area contributed by atoms with Gasteiger partial charge in [-0.25, -0.2) is 0 Å². The van der Waals surface area contributed by atoms with Crippen LogP contribution in [0.2, 0.25) is 25.7 Å². The number of likely N-dealkylation sites (N-methyl/N-ethyl adjacent to an activating group) is 1. The lowest BCUT2D eigenvalue weighted by atomic mass is 9.96. The lowest BCUT2D eigenvalue weighted by molar-refractivity contribution is -0.124. The molecule has 4 heteroatoms. The van der Waals surface area contributed by atoms with Gasteiger partial charge in [-0.2, -0.15) is 0 Å². The number of benzene rings is 1. The molecule has 0 saturated carbocycles. The number of carbonyl (C=O) groups excluding carboxylic acids is 2. The normalized spacial score (nSPS) is 15.0. The van der Waals surface area contributed by atoms with E-state index in [1.165, 1.54) is 0 Å². The smallest absolute Gasteiger partial charge is 0.249 e. The molecule has 0 aliphatic carbocycles. The van der Waals surface area contributed by atoms with Crippen molar-refractivity contribution in [2.45, 2.75) is 38.5 Å². The van der Waals surface area contributed by atoms with Gasteiger partial charge in [0, 0.05) is 45.6 Å². The second-order valence-electron chi connectivity index (χ2n) is 7.62. The monoisotopic (exact) mass is 339 g/mol. The Bertz CT molecular complexity index is 735. The summed E-state index contributed by atoms with van der Waals surface area (Å²) in [6.45, 7) is 7.29. The summed E-state index contributed by atoms with van der Waals surface area (Å²) in [5.41, 5.74) is 3.40. The Morgan fingerprint density at radius 2 is 1.96 bits per heavy atom. The molecule has 2 rings (SSSR count). The molecule has 1 aromatic rings. The van der Waals surface area contributed by atoms with E-state index in [9.17, 15) is 9.59 Å². The highest BCUT2D eigenvalue weighted by molar-refractivity contribution is 6.77. The molecule has 126 valence electrons. The number of terminal acetylenes is 1. The minimum Gasteiger partial charge on any atom is -0.338 e. The van der Waals surface area contributed by atoms with Gasteiger partial charge in [0.15, 0.2) is 5.78 Å². The van der Waals surface area contributed by atoms with Gasteiger partial charge >= 0.3 is 0 Å². The Morgan fingerprint density at radius 3 is 2.58 bits per heavy atom. The van der Waals surface area contributed by atoms with E-state index in [0.717, 1.165) is 22.8 Å². The van der Waals surface area contributed by atoms with Crippen LogP contribution < -0.4 is 0 Å². The molecule has 0 atom stereocenters. The summed E-state index contributed by atoms with van der Waals surface area (Å²) < 4.78 is 0. The summed E-state index contributed by atoms with van der Waals surface area (Å²) in [6, 6.07) is 8.30. The lowest BCUT2D eigenvalue weighted by Crippen LogP contribution is -2.26. The largest absolute Gasteiger partial charge is 0.338 e. The highest BCUT2D eigenvalue weighted by Crippen LogP contribution is 2.29. The Balaban J connectivity index is 2.29. The SMILES string of the molecule is C#CCc1ccccc1C(=O)CC1=C(C[Si](C)(C)C)C(=O)N(C)C1. The van der Waals surface area contributed by atoms with Crippen LogP contribution in [0.1, 0.15) is 22.3 Å². The van der Waals surface area contributed by atoms with Crippen molar-refractivity contribution in [3.63, 3.8) is 0 Å². The quantitative estimate of drug-likeness (QED) is 0.452. The molecular weight excluding hydrogens is 314 g/mol. The molecule has 3 nitrogen and oxygen atoms in total. The van der Waals surface area contributed by atoms with Crippen molar-refractivity contribution in [2.24, 2.45) is 0 Å². The van der Waals surface area contributed by atoms with Crippen LogP contribution in [0.15, 0.2) is 35.4 Å². The Kier molecular flexibility index (Phi) is 5.46. The molecule has 1 aliphatic rings. The van der Waals surface area contributed by atoms with Gasteiger partial charge in [-0.3, -0.25) is 9.59 Å². The Labute approximate surface area is 145 Å².